The van der Waals surface area contributed by atoms with Crippen molar-refractivity contribution in [3.05, 3.63) is 27.8 Å². The molecule has 0 spiro atoms. The number of piperazine rings is 1. The average molecular weight is 347 g/mol. The van der Waals surface area contributed by atoms with Crippen LogP contribution in [0.2, 0.25) is 0 Å². The molecule has 1 fully saturated rings. The molecule has 2 N–H and O–H groups in total. The summed E-state index contributed by atoms with van der Waals surface area (Å²) in [6.07, 6.45) is 0. The number of aliphatic hydroxyl groups is 1. The van der Waals surface area contributed by atoms with E-state index < -0.39 is 28.0 Å². The Kier molecular flexibility index (Phi) is 5.42. The van der Waals surface area contributed by atoms with Crippen LogP contribution in [0.15, 0.2) is 15.3 Å². The monoisotopic (exact) mass is 347 g/mol. The third kappa shape index (κ3) is 3.90. The van der Waals surface area contributed by atoms with E-state index in [1.165, 1.54) is 18.4 Å². The lowest BCUT2D eigenvalue weighted by molar-refractivity contribution is 0.157. The Morgan fingerprint density at radius 2 is 1.87 bits per heavy atom. The number of hydrogen-bond acceptors (Lipinski definition) is 7. The van der Waals surface area contributed by atoms with Crippen LogP contribution in [0.4, 0.5) is 0 Å². The van der Waals surface area contributed by atoms with Crippen molar-refractivity contribution in [1.29, 1.82) is 0 Å². The van der Waals surface area contributed by atoms with Gasteiger partial charge in [0.2, 0.25) is 11.2 Å². The van der Waals surface area contributed by atoms with E-state index in [9.17, 15) is 18.3 Å². The van der Waals surface area contributed by atoms with Gasteiger partial charge >= 0.3 is 0 Å². The minimum Gasteiger partial charge on any atom is -0.502 e. The summed E-state index contributed by atoms with van der Waals surface area (Å²) in [5.74, 6) is -0.326. The highest BCUT2D eigenvalue weighted by Crippen LogP contribution is 2.18. The van der Waals surface area contributed by atoms with Gasteiger partial charge in [-0.1, -0.05) is 0 Å². The summed E-state index contributed by atoms with van der Waals surface area (Å²) in [5.41, 5.74) is -0.607. The van der Waals surface area contributed by atoms with Crippen molar-refractivity contribution in [2.45, 2.75) is 13.2 Å². The first-order valence-corrected chi connectivity index (χ1v) is 8.51. The summed E-state index contributed by atoms with van der Waals surface area (Å²) in [6, 6.07) is 1.04. The van der Waals surface area contributed by atoms with Gasteiger partial charge in [-0.25, -0.2) is 0 Å². The molecule has 23 heavy (non-hydrogen) atoms. The van der Waals surface area contributed by atoms with Crippen molar-refractivity contribution < 1.29 is 23.0 Å². The molecule has 1 aliphatic rings. The molecular weight excluding hydrogens is 326 g/mol. The molecule has 0 saturated carbocycles. The molecular formula is C13H21N3O6S. The zero-order valence-corrected chi connectivity index (χ0v) is 13.9. The van der Waals surface area contributed by atoms with Gasteiger partial charge in [0.25, 0.3) is 10.2 Å². The molecule has 0 aromatic carbocycles. The maximum Gasteiger partial charge on any atom is 0.281 e. The van der Waals surface area contributed by atoms with Crippen molar-refractivity contribution in [2.24, 2.45) is 0 Å². The summed E-state index contributed by atoms with van der Waals surface area (Å²) in [6.45, 7) is 1.25. The lowest BCUT2D eigenvalue weighted by Crippen LogP contribution is -2.51. The summed E-state index contributed by atoms with van der Waals surface area (Å²) in [7, 11) is -0.476. The second kappa shape index (κ2) is 6.97. The van der Waals surface area contributed by atoms with Crippen molar-refractivity contribution in [1.82, 2.24) is 13.5 Å². The van der Waals surface area contributed by atoms with E-state index in [1.54, 1.807) is 0 Å². The molecule has 10 heteroatoms. The molecule has 2 rings (SSSR count). The summed E-state index contributed by atoms with van der Waals surface area (Å²) in [4.78, 5) is 13.5. The van der Waals surface area contributed by atoms with E-state index in [-0.39, 0.29) is 18.1 Å². The quantitative estimate of drug-likeness (QED) is 0.685. The van der Waals surface area contributed by atoms with Crippen molar-refractivity contribution >= 4 is 10.2 Å². The number of aromatic hydroxyl groups is 1. The molecule has 0 atom stereocenters. The van der Waals surface area contributed by atoms with E-state index in [1.807, 2.05) is 4.90 Å². The SMILES string of the molecule is CN(C)S(=O)(=O)N1CCN(Cc2oc(CO)cc(=O)c2O)CC1. The highest BCUT2D eigenvalue weighted by Gasteiger charge is 2.29. The van der Waals surface area contributed by atoms with E-state index in [2.05, 4.69) is 0 Å². The first-order chi connectivity index (χ1) is 10.8. The van der Waals surface area contributed by atoms with Crippen molar-refractivity contribution in [3.8, 4) is 5.75 Å². The second-order valence-electron chi connectivity index (χ2n) is 5.47. The predicted molar refractivity (Wildman–Crippen MR) is 82.0 cm³/mol. The predicted octanol–water partition coefficient (Wildman–Crippen LogP) is -1.24. The van der Waals surface area contributed by atoms with Gasteiger partial charge in [0.1, 0.15) is 12.4 Å². The fourth-order valence-corrected chi connectivity index (χ4v) is 3.41. The van der Waals surface area contributed by atoms with Crippen molar-refractivity contribution in [3.63, 3.8) is 0 Å². The largest absolute Gasteiger partial charge is 0.502 e. The second-order valence-corrected chi connectivity index (χ2v) is 7.61. The standard InChI is InChI=1S/C13H21N3O6S/c1-14(2)23(20,21)16-5-3-15(4-6-16)8-12-13(19)11(18)7-10(9-17)22-12/h7,17,19H,3-6,8-9H2,1-2H3. The van der Waals surface area contributed by atoms with Gasteiger partial charge in [0.05, 0.1) is 6.54 Å². The van der Waals surface area contributed by atoms with Crippen LogP contribution < -0.4 is 5.43 Å². The van der Waals surface area contributed by atoms with Crippen LogP contribution in [0.5, 0.6) is 5.75 Å². The lowest BCUT2D eigenvalue weighted by Gasteiger charge is -2.34. The number of hydrogen-bond donors (Lipinski definition) is 2. The van der Waals surface area contributed by atoms with Crippen LogP contribution in [0.3, 0.4) is 0 Å². The zero-order valence-electron chi connectivity index (χ0n) is 13.1. The molecule has 9 nitrogen and oxygen atoms in total. The first-order valence-electron chi connectivity index (χ1n) is 7.11. The molecule has 0 radical (unpaired) electrons. The van der Waals surface area contributed by atoms with Gasteiger partial charge in [-0.2, -0.15) is 17.0 Å². The van der Waals surface area contributed by atoms with Gasteiger partial charge < -0.3 is 14.6 Å². The van der Waals surface area contributed by atoms with Crippen LogP contribution >= 0.6 is 0 Å². The molecule has 0 unspecified atom stereocenters. The van der Waals surface area contributed by atoms with Gasteiger partial charge in [-0.15, -0.1) is 0 Å². The maximum absolute atomic E-state index is 12.0. The van der Waals surface area contributed by atoms with Crippen LogP contribution in [0.1, 0.15) is 11.5 Å². The molecule has 1 aromatic heterocycles. The first kappa shape index (κ1) is 17.9. The van der Waals surface area contributed by atoms with E-state index in [0.717, 1.165) is 10.4 Å². The highest BCUT2D eigenvalue weighted by atomic mass is 32.2. The Bertz CT molecular complexity index is 707. The van der Waals surface area contributed by atoms with Crippen LogP contribution in [-0.4, -0.2) is 72.4 Å². The van der Waals surface area contributed by atoms with E-state index in [4.69, 9.17) is 9.52 Å². The lowest BCUT2D eigenvalue weighted by atomic mass is 10.2. The van der Waals surface area contributed by atoms with E-state index in [0.29, 0.717) is 26.2 Å². The molecule has 1 aliphatic heterocycles. The van der Waals surface area contributed by atoms with Crippen molar-refractivity contribution in [2.75, 3.05) is 40.3 Å². The van der Waals surface area contributed by atoms with Gasteiger partial charge in [0.15, 0.2) is 5.76 Å². The third-order valence-electron chi connectivity index (χ3n) is 3.69. The number of aliphatic hydroxyl groups excluding tert-OH is 1. The molecule has 2 heterocycles. The normalized spacial score (nSPS) is 17.7. The van der Waals surface area contributed by atoms with Crippen LogP contribution in [0, 0.1) is 0 Å². The Hall–Kier alpha value is -1.46. The van der Waals surface area contributed by atoms with Crippen LogP contribution in [0.25, 0.3) is 0 Å². The summed E-state index contributed by atoms with van der Waals surface area (Å²) < 4.78 is 31.9. The van der Waals surface area contributed by atoms with Gasteiger partial charge in [0, 0.05) is 46.3 Å². The molecule has 0 aliphatic carbocycles. The minimum atomic E-state index is -3.44. The maximum atomic E-state index is 12.0. The Morgan fingerprint density at radius 1 is 1.26 bits per heavy atom. The van der Waals surface area contributed by atoms with Crippen LogP contribution in [-0.2, 0) is 23.4 Å². The molecule has 0 bridgehead atoms. The number of rotatable bonds is 5. The zero-order chi connectivity index (χ0) is 17.2. The molecule has 1 saturated heterocycles. The average Bonchev–Trinajstić information content (AvgIpc) is 2.51. The molecule has 1 aromatic rings. The molecule has 130 valence electrons. The Balaban J connectivity index is 2.05. The third-order valence-corrected chi connectivity index (χ3v) is 5.63. The molecule has 0 amide bonds. The van der Waals surface area contributed by atoms with E-state index >= 15 is 0 Å². The Labute approximate surface area is 134 Å². The minimum absolute atomic E-state index is 0.0745. The summed E-state index contributed by atoms with van der Waals surface area (Å²) >= 11 is 0. The van der Waals surface area contributed by atoms with Gasteiger partial charge in [-0.3, -0.25) is 9.69 Å². The Morgan fingerprint density at radius 3 is 2.39 bits per heavy atom. The fourth-order valence-electron chi connectivity index (χ4n) is 2.33. The number of nitrogens with zero attached hydrogens (tertiary/aromatic N) is 3. The smallest absolute Gasteiger partial charge is 0.281 e. The topological polar surface area (TPSA) is 115 Å². The van der Waals surface area contributed by atoms with Gasteiger partial charge in [-0.05, 0) is 0 Å². The summed E-state index contributed by atoms with van der Waals surface area (Å²) in [5, 5.41) is 18.8. The fraction of sp³-hybridized carbons (Fsp3) is 0.615. The highest BCUT2D eigenvalue weighted by molar-refractivity contribution is 7.86.